The van der Waals surface area contributed by atoms with Gasteiger partial charge in [0.25, 0.3) is 5.91 Å². The molecule has 0 radical (unpaired) electrons. The van der Waals surface area contributed by atoms with Crippen molar-refractivity contribution >= 4 is 5.91 Å². The lowest BCUT2D eigenvalue weighted by Crippen LogP contribution is -2.42. The third-order valence-corrected chi connectivity index (χ3v) is 4.18. The molecule has 1 aromatic rings. The van der Waals surface area contributed by atoms with E-state index in [-0.39, 0.29) is 5.91 Å². The number of methoxy groups -OCH3 is 1. The van der Waals surface area contributed by atoms with E-state index >= 15 is 0 Å². The number of ether oxygens (including phenoxy) is 1. The highest BCUT2D eigenvalue weighted by atomic mass is 16.5. The number of amides is 1. The molecule has 1 atom stereocenters. The van der Waals surface area contributed by atoms with Gasteiger partial charge in [-0.25, -0.2) is 0 Å². The Balaban J connectivity index is 2.33. The van der Waals surface area contributed by atoms with Crippen LogP contribution in [-0.4, -0.2) is 30.5 Å². The molecule has 0 unspecified atom stereocenters. The van der Waals surface area contributed by atoms with Crippen LogP contribution in [0.5, 0.6) is 5.75 Å². The van der Waals surface area contributed by atoms with Gasteiger partial charge in [0.2, 0.25) is 0 Å². The lowest BCUT2D eigenvalue weighted by atomic mass is 9.98. The average Bonchev–Trinajstić information content (AvgIpc) is 2.46. The third-order valence-electron chi connectivity index (χ3n) is 4.18. The number of hydrogen-bond donors (Lipinski definition) is 0. The van der Waals surface area contributed by atoms with E-state index < -0.39 is 0 Å². The van der Waals surface area contributed by atoms with Crippen molar-refractivity contribution in [2.75, 3.05) is 13.7 Å². The second-order valence-electron chi connectivity index (χ2n) is 5.96. The number of rotatable bonds is 3. The quantitative estimate of drug-likeness (QED) is 0.839. The molecule has 1 aliphatic heterocycles. The number of carbonyl (C=O) groups is 1. The van der Waals surface area contributed by atoms with Crippen LogP contribution in [0.3, 0.4) is 0 Å². The SMILES string of the molecule is COc1ccc(C(C)C)cc1C(=O)N1CCCC[C@@H]1C. The van der Waals surface area contributed by atoms with Crippen molar-refractivity contribution in [3.05, 3.63) is 29.3 Å². The Bertz CT molecular complexity index is 482. The first-order chi connectivity index (χ1) is 9.54. The van der Waals surface area contributed by atoms with Crippen molar-refractivity contribution in [1.82, 2.24) is 4.90 Å². The molecule has 1 heterocycles. The first-order valence-corrected chi connectivity index (χ1v) is 7.53. The van der Waals surface area contributed by atoms with Gasteiger partial charge in [-0.05, 0) is 49.8 Å². The van der Waals surface area contributed by atoms with Gasteiger partial charge < -0.3 is 9.64 Å². The van der Waals surface area contributed by atoms with Crippen LogP contribution in [0.2, 0.25) is 0 Å². The van der Waals surface area contributed by atoms with Crippen LogP contribution in [0.25, 0.3) is 0 Å². The first kappa shape index (κ1) is 14.9. The summed E-state index contributed by atoms with van der Waals surface area (Å²) in [6.07, 6.45) is 3.41. The Morgan fingerprint density at radius 1 is 1.35 bits per heavy atom. The average molecular weight is 275 g/mol. The largest absolute Gasteiger partial charge is 0.496 e. The van der Waals surface area contributed by atoms with Gasteiger partial charge in [0.05, 0.1) is 12.7 Å². The molecule has 1 saturated heterocycles. The lowest BCUT2D eigenvalue weighted by molar-refractivity contribution is 0.0632. The Kier molecular flexibility index (Phi) is 4.69. The summed E-state index contributed by atoms with van der Waals surface area (Å²) >= 11 is 0. The second-order valence-corrected chi connectivity index (χ2v) is 5.96. The van der Waals surface area contributed by atoms with Crippen molar-refractivity contribution in [3.63, 3.8) is 0 Å². The van der Waals surface area contributed by atoms with Crippen LogP contribution in [0.15, 0.2) is 18.2 Å². The molecular formula is C17H25NO2. The maximum absolute atomic E-state index is 12.8. The summed E-state index contributed by atoms with van der Waals surface area (Å²) in [5.41, 5.74) is 1.88. The third kappa shape index (κ3) is 2.97. The lowest BCUT2D eigenvalue weighted by Gasteiger charge is -2.34. The number of likely N-dealkylation sites (tertiary alicyclic amines) is 1. The molecule has 110 valence electrons. The smallest absolute Gasteiger partial charge is 0.257 e. The number of carbonyl (C=O) groups excluding carboxylic acids is 1. The van der Waals surface area contributed by atoms with Crippen LogP contribution in [0.4, 0.5) is 0 Å². The molecule has 3 heteroatoms. The van der Waals surface area contributed by atoms with Crippen molar-refractivity contribution in [2.24, 2.45) is 0 Å². The van der Waals surface area contributed by atoms with Crippen LogP contribution >= 0.6 is 0 Å². The number of nitrogens with zero attached hydrogens (tertiary/aromatic N) is 1. The summed E-state index contributed by atoms with van der Waals surface area (Å²) < 4.78 is 5.38. The molecule has 2 rings (SSSR count). The monoisotopic (exact) mass is 275 g/mol. The summed E-state index contributed by atoms with van der Waals surface area (Å²) in [5, 5.41) is 0. The number of piperidine rings is 1. The van der Waals surface area contributed by atoms with Crippen LogP contribution in [0, 0.1) is 0 Å². The molecule has 0 bridgehead atoms. The standard InChI is InChI=1S/C17H25NO2/c1-12(2)14-8-9-16(20-4)15(11-14)17(19)18-10-6-5-7-13(18)3/h8-9,11-13H,5-7,10H2,1-4H3/t13-/m0/s1. The summed E-state index contributed by atoms with van der Waals surface area (Å²) in [6.45, 7) is 7.27. The fourth-order valence-corrected chi connectivity index (χ4v) is 2.81. The molecule has 0 spiro atoms. The van der Waals surface area contributed by atoms with E-state index in [0.717, 1.165) is 19.4 Å². The maximum Gasteiger partial charge on any atom is 0.257 e. The van der Waals surface area contributed by atoms with Gasteiger partial charge in [-0.15, -0.1) is 0 Å². The van der Waals surface area contributed by atoms with Gasteiger partial charge in [0.15, 0.2) is 0 Å². The van der Waals surface area contributed by atoms with Crippen LogP contribution in [-0.2, 0) is 0 Å². The zero-order valence-electron chi connectivity index (χ0n) is 13.0. The van der Waals surface area contributed by atoms with E-state index in [2.05, 4.69) is 20.8 Å². The molecule has 0 saturated carbocycles. The predicted octanol–water partition coefficient (Wildman–Crippen LogP) is 3.83. The first-order valence-electron chi connectivity index (χ1n) is 7.53. The number of benzene rings is 1. The molecule has 0 aliphatic carbocycles. The molecule has 3 nitrogen and oxygen atoms in total. The predicted molar refractivity (Wildman–Crippen MR) is 81.4 cm³/mol. The van der Waals surface area contributed by atoms with Crippen molar-refractivity contribution < 1.29 is 9.53 Å². The summed E-state index contributed by atoms with van der Waals surface area (Å²) in [5.74, 6) is 1.19. The Labute approximate surface area is 121 Å². The van der Waals surface area contributed by atoms with Gasteiger partial charge in [0.1, 0.15) is 5.75 Å². The van der Waals surface area contributed by atoms with E-state index in [1.807, 2.05) is 23.1 Å². The Morgan fingerprint density at radius 3 is 2.70 bits per heavy atom. The fourth-order valence-electron chi connectivity index (χ4n) is 2.81. The van der Waals surface area contributed by atoms with E-state index in [0.29, 0.717) is 23.3 Å². The van der Waals surface area contributed by atoms with Gasteiger partial charge in [-0.2, -0.15) is 0 Å². The molecule has 1 aromatic carbocycles. The highest BCUT2D eigenvalue weighted by Gasteiger charge is 2.26. The minimum Gasteiger partial charge on any atom is -0.496 e. The Morgan fingerprint density at radius 2 is 2.10 bits per heavy atom. The van der Waals surface area contributed by atoms with Crippen molar-refractivity contribution in [3.8, 4) is 5.75 Å². The van der Waals surface area contributed by atoms with E-state index in [1.165, 1.54) is 12.0 Å². The van der Waals surface area contributed by atoms with Crippen LogP contribution in [0.1, 0.15) is 61.9 Å². The normalized spacial score (nSPS) is 19.2. The molecule has 0 N–H and O–H groups in total. The van der Waals surface area contributed by atoms with Gasteiger partial charge in [-0.3, -0.25) is 4.79 Å². The van der Waals surface area contributed by atoms with Crippen molar-refractivity contribution in [2.45, 2.75) is 52.0 Å². The molecule has 1 amide bonds. The van der Waals surface area contributed by atoms with Crippen LogP contribution < -0.4 is 4.74 Å². The highest BCUT2D eigenvalue weighted by molar-refractivity contribution is 5.97. The second kappa shape index (κ2) is 6.29. The van der Waals surface area contributed by atoms with E-state index in [1.54, 1.807) is 7.11 Å². The molecule has 20 heavy (non-hydrogen) atoms. The Hall–Kier alpha value is -1.51. The molecule has 1 fully saturated rings. The van der Waals surface area contributed by atoms with Gasteiger partial charge in [-0.1, -0.05) is 19.9 Å². The summed E-state index contributed by atoms with van der Waals surface area (Å²) in [6, 6.07) is 6.27. The zero-order chi connectivity index (χ0) is 14.7. The van der Waals surface area contributed by atoms with Crippen molar-refractivity contribution in [1.29, 1.82) is 0 Å². The van der Waals surface area contributed by atoms with Gasteiger partial charge in [0, 0.05) is 12.6 Å². The molecule has 1 aliphatic rings. The molecular weight excluding hydrogens is 250 g/mol. The highest BCUT2D eigenvalue weighted by Crippen LogP contribution is 2.27. The molecule has 0 aromatic heterocycles. The minimum absolute atomic E-state index is 0.108. The number of hydrogen-bond acceptors (Lipinski definition) is 2. The van der Waals surface area contributed by atoms with Gasteiger partial charge >= 0.3 is 0 Å². The van der Waals surface area contributed by atoms with E-state index in [4.69, 9.17) is 4.74 Å². The topological polar surface area (TPSA) is 29.5 Å². The fraction of sp³-hybridized carbons (Fsp3) is 0.588. The minimum atomic E-state index is 0.108. The van der Waals surface area contributed by atoms with E-state index in [9.17, 15) is 4.79 Å². The summed E-state index contributed by atoms with van der Waals surface area (Å²) in [4.78, 5) is 14.8. The zero-order valence-corrected chi connectivity index (χ0v) is 13.0. The summed E-state index contributed by atoms with van der Waals surface area (Å²) in [7, 11) is 1.63. The maximum atomic E-state index is 12.8.